The summed E-state index contributed by atoms with van der Waals surface area (Å²) >= 11 is 0. The first kappa shape index (κ1) is 16.9. The predicted octanol–water partition coefficient (Wildman–Crippen LogP) is 1.24. The molecular formula is C13H28N2O3S. The van der Waals surface area contributed by atoms with Crippen molar-refractivity contribution in [1.29, 1.82) is 0 Å². The van der Waals surface area contributed by atoms with Crippen LogP contribution in [0.25, 0.3) is 0 Å². The van der Waals surface area contributed by atoms with E-state index in [4.69, 9.17) is 10.5 Å². The molecule has 1 rings (SSSR count). The molecule has 6 heteroatoms. The van der Waals surface area contributed by atoms with Crippen molar-refractivity contribution in [2.24, 2.45) is 11.7 Å². The molecule has 19 heavy (non-hydrogen) atoms. The zero-order valence-electron chi connectivity index (χ0n) is 12.2. The summed E-state index contributed by atoms with van der Waals surface area (Å²) in [6.45, 7) is 5.19. The standard InChI is InChI=1S/C13H28N2O3S/c1-3-12-5-7-13(11-14,8-6-12)15-19(16,17)10-9-18-4-2/h12,15H,3-11,14H2,1-2H3. The highest BCUT2D eigenvalue weighted by atomic mass is 32.2. The minimum atomic E-state index is -3.30. The minimum absolute atomic E-state index is 0.0137. The molecule has 0 aliphatic heterocycles. The van der Waals surface area contributed by atoms with Crippen LogP contribution in [-0.4, -0.2) is 39.5 Å². The second-order valence-electron chi connectivity index (χ2n) is 5.45. The largest absolute Gasteiger partial charge is 0.381 e. The van der Waals surface area contributed by atoms with Gasteiger partial charge in [0.05, 0.1) is 12.4 Å². The lowest BCUT2D eigenvalue weighted by Crippen LogP contribution is -2.56. The van der Waals surface area contributed by atoms with Crippen molar-refractivity contribution in [3.8, 4) is 0 Å². The third kappa shape index (κ3) is 5.38. The van der Waals surface area contributed by atoms with Gasteiger partial charge in [-0.2, -0.15) is 0 Å². The van der Waals surface area contributed by atoms with Gasteiger partial charge in [-0.15, -0.1) is 0 Å². The first-order valence-electron chi connectivity index (χ1n) is 7.26. The molecule has 0 radical (unpaired) electrons. The van der Waals surface area contributed by atoms with Crippen LogP contribution in [0, 0.1) is 5.92 Å². The van der Waals surface area contributed by atoms with Gasteiger partial charge in [0.15, 0.2) is 0 Å². The Morgan fingerprint density at radius 2 is 1.95 bits per heavy atom. The summed E-state index contributed by atoms with van der Waals surface area (Å²) < 4.78 is 32.0. The quantitative estimate of drug-likeness (QED) is 0.660. The van der Waals surface area contributed by atoms with Crippen molar-refractivity contribution in [1.82, 2.24) is 4.72 Å². The van der Waals surface area contributed by atoms with Crippen LogP contribution in [0.4, 0.5) is 0 Å². The van der Waals surface area contributed by atoms with Gasteiger partial charge >= 0.3 is 0 Å². The topological polar surface area (TPSA) is 81.4 Å². The molecule has 1 fully saturated rings. The normalized spacial score (nSPS) is 28.5. The molecule has 1 aliphatic carbocycles. The van der Waals surface area contributed by atoms with Crippen molar-refractivity contribution in [2.45, 2.75) is 51.5 Å². The van der Waals surface area contributed by atoms with Crippen LogP contribution in [0.2, 0.25) is 0 Å². The van der Waals surface area contributed by atoms with Crippen LogP contribution in [0.3, 0.4) is 0 Å². The Balaban J connectivity index is 2.56. The van der Waals surface area contributed by atoms with Crippen LogP contribution < -0.4 is 10.5 Å². The molecule has 0 spiro atoms. The maximum Gasteiger partial charge on any atom is 0.214 e. The van der Waals surface area contributed by atoms with Gasteiger partial charge in [-0.1, -0.05) is 13.3 Å². The average molecular weight is 292 g/mol. The summed E-state index contributed by atoms with van der Waals surface area (Å²) in [4.78, 5) is 0. The van der Waals surface area contributed by atoms with E-state index in [0.29, 0.717) is 19.1 Å². The van der Waals surface area contributed by atoms with Crippen molar-refractivity contribution in [2.75, 3.05) is 25.5 Å². The molecule has 1 aliphatic rings. The molecule has 0 atom stereocenters. The average Bonchev–Trinajstić information content (AvgIpc) is 2.39. The van der Waals surface area contributed by atoms with E-state index in [9.17, 15) is 8.42 Å². The molecule has 0 aromatic rings. The highest BCUT2D eigenvalue weighted by Gasteiger charge is 2.36. The number of nitrogens with one attached hydrogen (secondary N) is 1. The maximum absolute atomic E-state index is 12.0. The first-order valence-corrected chi connectivity index (χ1v) is 8.91. The van der Waals surface area contributed by atoms with E-state index >= 15 is 0 Å². The number of hydrogen-bond donors (Lipinski definition) is 2. The van der Waals surface area contributed by atoms with Gasteiger partial charge in [-0.3, -0.25) is 0 Å². The van der Waals surface area contributed by atoms with Gasteiger partial charge in [0.2, 0.25) is 10.0 Å². The fraction of sp³-hybridized carbons (Fsp3) is 1.00. The summed E-state index contributed by atoms with van der Waals surface area (Å²) in [5, 5.41) is 0. The van der Waals surface area contributed by atoms with Crippen molar-refractivity contribution >= 4 is 10.0 Å². The molecule has 5 nitrogen and oxygen atoms in total. The Morgan fingerprint density at radius 1 is 1.32 bits per heavy atom. The van der Waals surface area contributed by atoms with Gasteiger partial charge < -0.3 is 10.5 Å². The fourth-order valence-corrected chi connectivity index (χ4v) is 4.07. The van der Waals surface area contributed by atoms with Crippen LogP contribution in [0.1, 0.15) is 46.0 Å². The lowest BCUT2D eigenvalue weighted by atomic mass is 9.76. The summed E-state index contributed by atoms with van der Waals surface area (Å²) in [5.74, 6) is 0.729. The second kappa shape index (κ2) is 7.57. The van der Waals surface area contributed by atoms with Crippen molar-refractivity contribution < 1.29 is 13.2 Å². The maximum atomic E-state index is 12.0. The number of nitrogens with two attached hydrogens (primary N) is 1. The highest BCUT2D eigenvalue weighted by molar-refractivity contribution is 7.89. The molecule has 0 aromatic heterocycles. The number of rotatable bonds is 8. The van der Waals surface area contributed by atoms with Crippen LogP contribution in [0.15, 0.2) is 0 Å². The first-order chi connectivity index (χ1) is 8.97. The van der Waals surface area contributed by atoms with Gasteiger partial charge in [-0.25, -0.2) is 13.1 Å². The van der Waals surface area contributed by atoms with Crippen molar-refractivity contribution in [3.63, 3.8) is 0 Å². The van der Waals surface area contributed by atoms with Gasteiger partial charge in [0.25, 0.3) is 0 Å². The van der Waals surface area contributed by atoms with Gasteiger partial charge in [-0.05, 0) is 38.5 Å². The molecule has 0 unspecified atom stereocenters. The Bertz CT molecular complexity index is 349. The Kier molecular flexibility index (Phi) is 6.73. The second-order valence-corrected chi connectivity index (χ2v) is 7.30. The van der Waals surface area contributed by atoms with E-state index in [0.717, 1.165) is 32.1 Å². The third-order valence-corrected chi connectivity index (χ3v) is 5.55. The molecule has 0 amide bonds. The van der Waals surface area contributed by atoms with Crippen LogP contribution in [-0.2, 0) is 14.8 Å². The number of sulfonamides is 1. The van der Waals surface area contributed by atoms with Gasteiger partial charge in [0.1, 0.15) is 0 Å². The van der Waals surface area contributed by atoms with Gasteiger partial charge in [0, 0.05) is 18.7 Å². The molecule has 0 aromatic carbocycles. The van der Waals surface area contributed by atoms with E-state index in [-0.39, 0.29) is 12.4 Å². The third-order valence-electron chi connectivity index (χ3n) is 4.10. The Morgan fingerprint density at radius 3 is 2.42 bits per heavy atom. The minimum Gasteiger partial charge on any atom is -0.381 e. The molecule has 0 saturated heterocycles. The molecule has 0 bridgehead atoms. The summed E-state index contributed by atoms with van der Waals surface area (Å²) in [7, 11) is -3.30. The van der Waals surface area contributed by atoms with E-state index in [2.05, 4.69) is 11.6 Å². The number of ether oxygens (including phenoxy) is 1. The molecule has 114 valence electrons. The van der Waals surface area contributed by atoms with E-state index in [1.165, 1.54) is 0 Å². The molecule has 0 heterocycles. The molecular weight excluding hydrogens is 264 g/mol. The molecule has 3 N–H and O–H groups in total. The Labute approximate surface area is 117 Å². The van der Waals surface area contributed by atoms with Crippen LogP contribution in [0.5, 0.6) is 0 Å². The lowest BCUT2D eigenvalue weighted by molar-refractivity contribution is 0.162. The van der Waals surface area contributed by atoms with Crippen LogP contribution >= 0.6 is 0 Å². The summed E-state index contributed by atoms with van der Waals surface area (Å²) in [6.07, 6.45) is 4.97. The smallest absolute Gasteiger partial charge is 0.214 e. The summed E-state index contributed by atoms with van der Waals surface area (Å²) in [6, 6.07) is 0. The lowest BCUT2D eigenvalue weighted by Gasteiger charge is -2.39. The summed E-state index contributed by atoms with van der Waals surface area (Å²) in [5.41, 5.74) is 5.40. The number of hydrogen-bond acceptors (Lipinski definition) is 4. The Hall–Kier alpha value is -0.170. The monoisotopic (exact) mass is 292 g/mol. The predicted molar refractivity (Wildman–Crippen MR) is 77.4 cm³/mol. The fourth-order valence-electron chi connectivity index (χ4n) is 2.68. The van der Waals surface area contributed by atoms with Crippen molar-refractivity contribution in [3.05, 3.63) is 0 Å². The van der Waals surface area contributed by atoms with E-state index in [1.807, 2.05) is 6.92 Å². The zero-order valence-corrected chi connectivity index (χ0v) is 13.0. The highest BCUT2D eigenvalue weighted by Crippen LogP contribution is 2.33. The molecule has 1 saturated carbocycles. The van der Waals surface area contributed by atoms with E-state index in [1.54, 1.807) is 0 Å². The van der Waals surface area contributed by atoms with E-state index < -0.39 is 15.6 Å². The zero-order chi connectivity index (χ0) is 14.4. The SMILES string of the molecule is CCOCCS(=O)(=O)NC1(CN)CCC(CC)CC1.